The van der Waals surface area contributed by atoms with Gasteiger partial charge in [0.15, 0.2) is 0 Å². The molecule has 6 heteroatoms. The molecule has 0 aliphatic heterocycles. The second-order valence-electron chi connectivity index (χ2n) is 5.78. The number of halogens is 1. The molecule has 0 bridgehead atoms. The van der Waals surface area contributed by atoms with Crippen molar-refractivity contribution in [1.29, 1.82) is 0 Å². The highest BCUT2D eigenvalue weighted by Crippen LogP contribution is 2.14. The minimum absolute atomic E-state index is 0.156. The lowest BCUT2D eigenvalue weighted by molar-refractivity contribution is 0.0777. The molecular weight excluding hydrogens is 300 g/mol. The molecule has 0 aliphatic carbocycles. The average molecular weight is 321 g/mol. The lowest BCUT2D eigenvalue weighted by Crippen LogP contribution is -2.29. The van der Waals surface area contributed by atoms with E-state index in [2.05, 4.69) is 23.9 Å². The fourth-order valence-corrected chi connectivity index (χ4v) is 2.16. The summed E-state index contributed by atoms with van der Waals surface area (Å²) in [6.07, 6.45) is 0.957. The number of rotatable bonds is 5. The average Bonchev–Trinajstić information content (AvgIpc) is 2.86. The Bertz CT molecular complexity index is 649. The van der Waals surface area contributed by atoms with Gasteiger partial charge in [-0.2, -0.15) is 0 Å². The molecule has 0 fully saturated rings. The van der Waals surface area contributed by atoms with Crippen LogP contribution in [0.4, 0.5) is 0 Å². The van der Waals surface area contributed by atoms with Gasteiger partial charge < -0.3 is 4.90 Å². The van der Waals surface area contributed by atoms with Crippen molar-refractivity contribution in [2.75, 3.05) is 13.6 Å². The van der Waals surface area contributed by atoms with Crippen molar-refractivity contribution < 1.29 is 4.79 Å². The molecule has 1 heterocycles. The number of hydrogen-bond acceptors (Lipinski definition) is 3. The Morgan fingerprint density at radius 2 is 1.95 bits per heavy atom. The summed E-state index contributed by atoms with van der Waals surface area (Å²) >= 11 is 5.89. The second kappa shape index (κ2) is 6.92. The minimum atomic E-state index is -0.156. The number of benzene rings is 1. The molecule has 0 aliphatic rings. The van der Waals surface area contributed by atoms with Gasteiger partial charge >= 0.3 is 0 Å². The predicted molar refractivity (Wildman–Crippen MR) is 87.5 cm³/mol. The van der Waals surface area contributed by atoms with Gasteiger partial charge in [0.25, 0.3) is 5.91 Å². The first kappa shape index (κ1) is 16.5. The van der Waals surface area contributed by atoms with Gasteiger partial charge in [0.2, 0.25) is 5.82 Å². The van der Waals surface area contributed by atoms with E-state index in [-0.39, 0.29) is 11.7 Å². The molecule has 5 nitrogen and oxygen atoms in total. The third kappa shape index (κ3) is 3.85. The first-order valence-electron chi connectivity index (χ1n) is 7.33. The fourth-order valence-electron chi connectivity index (χ4n) is 2.03. The summed E-state index contributed by atoms with van der Waals surface area (Å²) in [5.74, 6) is 1.29. The van der Waals surface area contributed by atoms with Crippen LogP contribution in [0.3, 0.4) is 0 Å². The van der Waals surface area contributed by atoms with Gasteiger partial charge in [-0.3, -0.25) is 4.79 Å². The summed E-state index contributed by atoms with van der Waals surface area (Å²) in [4.78, 5) is 18.3. The van der Waals surface area contributed by atoms with Crippen LogP contribution < -0.4 is 0 Å². The monoisotopic (exact) mass is 320 g/mol. The summed E-state index contributed by atoms with van der Waals surface area (Å²) in [6, 6.07) is 7.27. The van der Waals surface area contributed by atoms with E-state index in [1.165, 1.54) is 0 Å². The molecule has 118 valence electrons. The molecule has 0 N–H and O–H groups in total. The van der Waals surface area contributed by atoms with Gasteiger partial charge in [-0.05, 0) is 43.5 Å². The van der Waals surface area contributed by atoms with Crippen molar-refractivity contribution in [3.05, 3.63) is 40.9 Å². The predicted octanol–water partition coefficient (Wildman–Crippen LogP) is 3.35. The van der Waals surface area contributed by atoms with E-state index in [0.717, 1.165) is 12.1 Å². The van der Waals surface area contributed by atoms with Crippen LogP contribution in [0, 0.1) is 12.8 Å². The maximum Gasteiger partial charge on any atom is 0.293 e. The Kier molecular flexibility index (Phi) is 5.19. The van der Waals surface area contributed by atoms with Gasteiger partial charge in [-0.25, -0.2) is 9.67 Å². The highest BCUT2D eigenvalue weighted by molar-refractivity contribution is 6.30. The van der Waals surface area contributed by atoms with Gasteiger partial charge in [-0.15, -0.1) is 5.10 Å². The van der Waals surface area contributed by atoms with E-state index in [4.69, 9.17) is 11.6 Å². The van der Waals surface area contributed by atoms with Crippen molar-refractivity contribution in [2.24, 2.45) is 5.92 Å². The molecule has 1 aromatic heterocycles. The number of aromatic nitrogens is 3. The smallest absolute Gasteiger partial charge is 0.293 e. The topological polar surface area (TPSA) is 51.0 Å². The third-order valence-corrected chi connectivity index (χ3v) is 3.67. The van der Waals surface area contributed by atoms with E-state index in [1.54, 1.807) is 28.8 Å². The quantitative estimate of drug-likeness (QED) is 0.849. The van der Waals surface area contributed by atoms with E-state index in [9.17, 15) is 4.79 Å². The molecule has 0 saturated carbocycles. The minimum Gasteiger partial charge on any atom is -0.339 e. The van der Waals surface area contributed by atoms with Gasteiger partial charge in [0.05, 0.1) is 5.69 Å². The van der Waals surface area contributed by atoms with Crippen LogP contribution in [0.2, 0.25) is 5.02 Å². The van der Waals surface area contributed by atoms with E-state index >= 15 is 0 Å². The van der Waals surface area contributed by atoms with Crippen LogP contribution in [0.25, 0.3) is 5.69 Å². The highest BCUT2D eigenvalue weighted by Gasteiger charge is 2.19. The molecule has 2 rings (SSSR count). The molecule has 0 radical (unpaired) electrons. The van der Waals surface area contributed by atoms with Crippen LogP contribution in [-0.2, 0) is 0 Å². The number of carbonyl (C=O) groups is 1. The summed E-state index contributed by atoms with van der Waals surface area (Å²) in [5.41, 5.74) is 0.832. The molecule has 0 unspecified atom stereocenters. The molecule has 0 saturated heterocycles. The van der Waals surface area contributed by atoms with E-state index < -0.39 is 0 Å². The zero-order valence-corrected chi connectivity index (χ0v) is 14.1. The number of hydrogen-bond donors (Lipinski definition) is 0. The normalized spacial score (nSPS) is 11.0. The zero-order chi connectivity index (χ0) is 16.3. The number of carbonyl (C=O) groups excluding carboxylic acids is 1. The largest absolute Gasteiger partial charge is 0.339 e. The SMILES string of the molecule is Cc1nc(C(=O)N(C)CCC(C)C)nn1-c1ccc(Cl)cc1. The van der Waals surface area contributed by atoms with Gasteiger partial charge in [-0.1, -0.05) is 25.4 Å². The standard InChI is InChI=1S/C16H21ClN4O/c1-11(2)9-10-20(4)16(22)15-18-12(3)21(19-15)14-7-5-13(17)6-8-14/h5-8,11H,9-10H2,1-4H3. The maximum absolute atomic E-state index is 12.4. The number of aryl methyl sites for hydroxylation is 1. The Hall–Kier alpha value is -1.88. The van der Waals surface area contributed by atoms with Crippen molar-refractivity contribution in [3.63, 3.8) is 0 Å². The Balaban J connectivity index is 2.18. The molecule has 22 heavy (non-hydrogen) atoms. The zero-order valence-electron chi connectivity index (χ0n) is 13.4. The third-order valence-electron chi connectivity index (χ3n) is 3.42. The van der Waals surface area contributed by atoms with Crippen LogP contribution in [0.1, 0.15) is 36.7 Å². The van der Waals surface area contributed by atoms with Crippen LogP contribution in [0.5, 0.6) is 0 Å². The van der Waals surface area contributed by atoms with Crippen molar-refractivity contribution >= 4 is 17.5 Å². The Morgan fingerprint density at radius 1 is 1.32 bits per heavy atom. The van der Waals surface area contributed by atoms with E-state index in [1.807, 2.05) is 19.1 Å². The summed E-state index contributed by atoms with van der Waals surface area (Å²) in [7, 11) is 1.78. The van der Waals surface area contributed by atoms with Crippen molar-refractivity contribution in [1.82, 2.24) is 19.7 Å². The van der Waals surface area contributed by atoms with Crippen LogP contribution in [-0.4, -0.2) is 39.2 Å². The first-order chi connectivity index (χ1) is 10.4. The summed E-state index contributed by atoms with van der Waals surface area (Å²) in [6.45, 7) is 6.80. The molecular formula is C16H21ClN4O. The molecule has 0 atom stereocenters. The molecule has 1 aromatic carbocycles. The number of nitrogens with zero attached hydrogens (tertiary/aromatic N) is 4. The van der Waals surface area contributed by atoms with Crippen molar-refractivity contribution in [2.45, 2.75) is 27.2 Å². The first-order valence-corrected chi connectivity index (χ1v) is 7.71. The lowest BCUT2D eigenvalue weighted by atomic mass is 10.1. The van der Waals surface area contributed by atoms with Gasteiger partial charge in [0.1, 0.15) is 5.82 Å². The van der Waals surface area contributed by atoms with E-state index in [0.29, 0.717) is 23.3 Å². The maximum atomic E-state index is 12.4. The molecule has 2 aromatic rings. The Morgan fingerprint density at radius 3 is 2.55 bits per heavy atom. The van der Waals surface area contributed by atoms with Crippen molar-refractivity contribution in [3.8, 4) is 5.69 Å². The Labute approximate surface area is 135 Å². The molecule has 0 spiro atoms. The number of amides is 1. The highest BCUT2D eigenvalue weighted by atomic mass is 35.5. The summed E-state index contributed by atoms with van der Waals surface area (Å²) in [5, 5.41) is 4.99. The molecule has 1 amide bonds. The van der Waals surface area contributed by atoms with Crippen LogP contribution in [0.15, 0.2) is 24.3 Å². The summed E-state index contributed by atoms with van der Waals surface area (Å²) < 4.78 is 1.65. The fraction of sp³-hybridized carbons (Fsp3) is 0.438. The van der Waals surface area contributed by atoms with Gasteiger partial charge in [0, 0.05) is 18.6 Å². The second-order valence-corrected chi connectivity index (χ2v) is 6.22. The lowest BCUT2D eigenvalue weighted by Gasteiger charge is -2.16. The van der Waals surface area contributed by atoms with Crippen LogP contribution >= 0.6 is 11.6 Å².